The summed E-state index contributed by atoms with van der Waals surface area (Å²) in [4.78, 5) is 0. The molecule has 1 atom stereocenters. The molecule has 4 heteroatoms. The Labute approximate surface area is 84.1 Å². The maximum Gasteiger partial charge on any atom is 0.389 e. The van der Waals surface area contributed by atoms with E-state index < -0.39 is 12.6 Å². The van der Waals surface area contributed by atoms with Crippen LogP contribution in [0.25, 0.3) is 0 Å². The molecule has 0 rings (SSSR count). The van der Waals surface area contributed by atoms with Gasteiger partial charge in [0.1, 0.15) is 0 Å². The molecule has 0 amide bonds. The zero-order valence-corrected chi connectivity index (χ0v) is 9.33. The molecule has 1 nitrogen and oxygen atoms in total. The minimum atomic E-state index is -4.02. The van der Waals surface area contributed by atoms with Crippen molar-refractivity contribution in [3.05, 3.63) is 0 Å². The highest BCUT2D eigenvalue weighted by Crippen LogP contribution is 2.21. The van der Waals surface area contributed by atoms with Crippen LogP contribution in [0.5, 0.6) is 0 Å². The molecule has 0 saturated carbocycles. The van der Waals surface area contributed by atoms with E-state index in [0.717, 1.165) is 0 Å². The smallest absolute Gasteiger partial charge is 0.314 e. The summed E-state index contributed by atoms with van der Waals surface area (Å²) >= 11 is 0. The van der Waals surface area contributed by atoms with Crippen LogP contribution in [-0.2, 0) is 0 Å². The highest BCUT2D eigenvalue weighted by Gasteiger charge is 2.26. The second-order valence-electron chi connectivity index (χ2n) is 4.76. The molecule has 0 aromatic carbocycles. The van der Waals surface area contributed by atoms with Gasteiger partial charge >= 0.3 is 6.18 Å². The first-order chi connectivity index (χ1) is 6.13. The molecule has 1 N–H and O–H groups in total. The van der Waals surface area contributed by atoms with E-state index in [1.54, 1.807) is 0 Å². The molecule has 0 fully saturated rings. The number of alkyl halides is 3. The van der Waals surface area contributed by atoms with Crippen LogP contribution >= 0.6 is 0 Å². The van der Waals surface area contributed by atoms with Gasteiger partial charge in [-0.3, -0.25) is 0 Å². The van der Waals surface area contributed by atoms with Gasteiger partial charge in [-0.05, 0) is 25.3 Å². The lowest BCUT2D eigenvalue weighted by molar-refractivity contribution is -0.135. The van der Waals surface area contributed by atoms with Crippen molar-refractivity contribution in [3.8, 4) is 0 Å². The van der Waals surface area contributed by atoms with Crippen LogP contribution in [0, 0.1) is 5.41 Å². The zero-order valence-electron chi connectivity index (χ0n) is 9.33. The maximum absolute atomic E-state index is 11.8. The SMILES string of the molecule is CC(NCCCC(F)(F)F)C(C)(C)C. The number of hydrogen-bond donors (Lipinski definition) is 1. The van der Waals surface area contributed by atoms with E-state index in [9.17, 15) is 13.2 Å². The molecule has 0 saturated heterocycles. The maximum atomic E-state index is 11.8. The van der Waals surface area contributed by atoms with Crippen molar-refractivity contribution in [2.75, 3.05) is 6.54 Å². The van der Waals surface area contributed by atoms with E-state index in [0.29, 0.717) is 6.54 Å². The monoisotopic (exact) mass is 211 g/mol. The molecule has 0 aliphatic rings. The number of hydrogen-bond acceptors (Lipinski definition) is 1. The Bertz CT molecular complexity index is 158. The first-order valence-electron chi connectivity index (χ1n) is 4.93. The summed E-state index contributed by atoms with van der Waals surface area (Å²) in [6, 6.07) is 0.232. The summed E-state index contributed by atoms with van der Waals surface area (Å²) in [6.45, 7) is 8.61. The van der Waals surface area contributed by atoms with Crippen molar-refractivity contribution in [2.24, 2.45) is 5.41 Å². The molecule has 0 aromatic heterocycles. The predicted octanol–water partition coefficient (Wildman–Crippen LogP) is 3.35. The van der Waals surface area contributed by atoms with Gasteiger partial charge in [0.25, 0.3) is 0 Å². The minimum Gasteiger partial charge on any atom is -0.314 e. The zero-order chi connectivity index (χ0) is 11.4. The van der Waals surface area contributed by atoms with Crippen LogP contribution in [-0.4, -0.2) is 18.8 Å². The van der Waals surface area contributed by atoms with Gasteiger partial charge in [-0.1, -0.05) is 20.8 Å². The normalized spacial score (nSPS) is 15.6. The van der Waals surface area contributed by atoms with Gasteiger partial charge in [-0.25, -0.2) is 0 Å². The average molecular weight is 211 g/mol. The largest absolute Gasteiger partial charge is 0.389 e. The standard InChI is InChI=1S/C10H20F3N/c1-8(9(2,3)4)14-7-5-6-10(11,12)13/h8,14H,5-7H2,1-4H3. The van der Waals surface area contributed by atoms with E-state index in [4.69, 9.17) is 0 Å². The van der Waals surface area contributed by atoms with Crippen molar-refractivity contribution in [1.29, 1.82) is 0 Å². The van der Waals surface area contributed by atoms with Gasteiger partial charge in [0.15, 0.2) is 0 Å². The fourth-order valence-electron chi connectivity index (χ4n) is 0.914. The molecule has 0 aromatic rings. The summed E-state index contributed by atoms with van der Waals surface area (Å²) in [7, 11) is 0. The Hall–Kier alpha value is -0.250. The Morgan fingerprint density at radius 2 is 1.64 bits per heavy atom. The van der Waals surface area contributed by atoms with Crippen LogP contribution < -0.4 is 5.32 Å². The highest BCUT2D eigenvalue weighted by molar-refractivity contribution is 4.75. The number of nitrogens with one attached hydrogen (secondary N) is 1. The lowest BCUT2D eigenvalue weighted by Gasteiger charge is -2.28. The Morgan fingerprint density at radius 3 is 2.00 bits per heavy atom. The molecular weight excluding hydrogens is 191 g/mol. The van der Waals surface area contributed by atoms with Gasteiger partial charge in [-0.15, -0.1) is 0 Å². The van der Waals surface area contributed by atoms with E-state index in [1.165, 1.54) is 0 Å². The van der Waals surface area contributed by atoms with E-state index in [1.807, 2.05) is 6.92 Å². The molecule has 0 heterocycles. The van der Waals surface area contributed by atoms with Gasteiger partial charge in [0.2, 0.25) is 0 Å². The molecule has 0 bridgehead atoms. The third kappa shape index (κ3) is 7.18. The van der Waals surface area contributed by atoms with Crippen LogP contribution in [0.15, 0.2) is 0 Å². The summed E-state index contributed by atoms with van der Waals surface area (Å²) in [5.41, 5.74) is 0.0955. The van der Waals surface area contributed by atoms with Crippen molar-refractivity contribution < 1.29 is 13.2 Å². The molecular formula is C10H20F3N. The van der Waals surface area contributed by atoms with Crippen molar-refractivity contribution in [2.45, 2.75) is 52.8 Å². The molecule has 1 unspecified atom stereocenters. The first kappa shape index (κ1) is 13.8. The Morgan fingerprint density at radius 1 is 1.14 bits per heavy atom. The molecule has 0 aliphatic carbocycles. The van der Waals surface area contributed by atoms with Gasteiger partial charge in [0, 0.05) is 12.5 Å². The first-order valence-corrected chi connectivity index (χ1v) is 4.93. The molecule has 0 spiro atoms. The van der Waals surface area contributed by atoms with Gasteiger partial charge in [-0.2, -0.15) is 13.2 Å². The summed E-state index contributed by atoms with van der Waals surface area (Å²) in [5.74, 6) is 0. The molecule has 14 heavy (non-hydrogen) atoms. The minimum absolute atomic E-state index is 0.0955. The summed E-state index contributed by atoms with van der Waals surface area (Å²) < 4.78 is 35.4. The van der Waals surface area contributed by atoms with E-state index >= 15 is 0 Å². The third-order valence-corrected chi connectivity index (χ3v) is 2.39. The van der Waals surface area contributed by atoms with Gasteiger partial charge < -0.3 is 5.32 Å². The predicted molar refractivity (Wildman–Crippen MR) is 52.2 cm³/mol. The second-order valence-corrected chi connectivity index (χ2v) is 4.76. The number of rotatable bonds is 4. The van der Waals surface area contributed by atoms with Crippen LogP contribution in [0.3, 0.4) is 0 Å². The molecule has 0 radical (unpaired) electrons. The quantitative estimate of drug-likeness (QED) is 0.703. The topological polar surface area (TPSA) is 12.0 Å². The number of halogens is 3. The van der Waals surface area contributed by atoms with Crippen molar-refractivity contribution >= 4 is 0 Å². The van der Waals surface area contributed by atoms with E-state index in [2.05, 4.69) is 26.1 Å². The van der Waals surface area contributed by atoms with Crippen LogP contribution in [0.4, 0.5) is 13.2 Å². The Balaban J connectivity index is 3.56. The lowest BCUT2D eigenvalue weighted by Crippen LogP contribution is -2.38. The fourth-order valence-corrected chi connectivity index (χ4v) is 0.914. The molecule has 86 valence electrons. The second kappa shape index (κ2) is 5.01. The lowest BCUT2D eigenvalue weighted by atomic mass is 9.88. The van der Waals surface area contributed by atoms with Crippen molar-refractivity contribution in [3.63, 3.8) is 0 Å². The fraction of sp³-hybridized carbons (Fsp3) is 1.00. The third-order valence-electron chi connectivity index (χ3n) is 2.39. The Kier molecular flexibility index (Phi) is 4.92. The summed E-state index contributed by atoms with van der Waals surface area (Å²) in [5, 5.41) is 3.10. The van der Waals surface area contributed by atoms with Crippen molar-refractivity contribution in [1.82, 2.24) is 5.32 Å². The van der Waals surface area contributed by atoms with Crippen LogP contribution in [0.2, 0.25) is 0 Å². The average Bonchev–Trinajstić information content (AvgIpc) is 1.93. The molecule has 0 aliphatic heterocycles. The van der Waals surface area contributed by atoms with E-state index in [-0.39, 0.29) is 17.9 Å². The summed E-state index contributed by atoms with van der Waals surface area (Å²) in [6.07, 6.45) is -4.56. The van der Waals surface area contributed by atoms with Gasteiger partial charge in [0.05, 0.1) is 0 Å². The highest BCUT2D eigenvalue weighted by atomic mass is 19.4. The van der Waals surface area contributed by atoms with Crippen LogP contribution in [0.1, 0.15) is 40.5 Å².